The fourth-order valence-electron chi connectivity index (χ4n) is 2.37. The minimum atomic E-state index is 0.377. The van der Waals surface area contributed by atoms with E-state index in [9.17, 15) is 0 Å². The van der Waals surface area contributed by atoms with Crippen LogP contribution in [0.3, 0.4) is 0 Å². The lowest BCUT2D eigenvalue weighted by atomic mass is 10.0. The number of nitrogens with one attached hydrogen (secondary N) is 1. The van der Waals surface area contributed by atoms with Crippen LogP contribution in [0.5, 0.6) is 0 Å². The van der Waals surface area contributed by atoms with Gasteiger partial charge in [-0.2, -0.15) is 11.8 Å². The minimum Gasteiger partial charge on any atom is -0.309 e. The van der Waals surface area contributed by atoms with Gasteiger partial charge in [0.25, 0.3) is 0 Å². The van der Waals surface area contributed by atoms with Crippen molar-refractivity contribution in [2.75, 3.05) is 12.3 Å². The molecule has 1 aromatic heterocycles. The van der Waals surface area contributed by atoms with Crippen molar-refractivity contribution < 1.29 is 0 Å². The maximum absolute atomic E-state index is 4.44. The Morgan fingerprint density at radius 1 is 1.19 bits per heavy atom. The number of benzene rings is 1. The number of aromatic nitrogens is 1. The molecule has 2 nitrogen and oxygen atoms in total. The minimum absolute atomic E-state index is 0.377. The van der Waals surface area contributed by atoms with Gasteiger partial charge in [-0.25, -0.2) is 0 Å². The standard InChI is InChI=1S/C18H26N2S/c1-4-10-20-18(13-21-14(3)5-2)17-12-19-11-15-8-6-7-9-16(15)17/h6-9,11-12,14,18,20H,4-5,10,13H2,1-3H3. The van der Waals surface area contributed by atoms with Gasteiger partial charge in [0.2, 0.25) is 0 Å². The SMILES string of the molecule is CCCNC(CSC(C)CC)c1cncc2ccccc12. The molecule has 2 aromatic rings. The Balaban J connectivity index is 2.25. The average molecular weight is 302 g/mol. The van der Waals surface area contributed by atoms with E-state index in [1.807, 2.05) is 24.2 Å². The molecule has 2 rings (SSSR count). The van der Waals surface area contributed by atoms with Gasteiger partial charge in [-0.1, -0.05) is 45.0 Å². The quantitative estimate of drug-likeness (QED) is 0.757. The van der Waals surface area contributed by atoms with Crippen LogP contribution >= 0.6 is 11.8 Å². The van der Waals surface area contributed by atoms with Crippen molar-refractivity contribution in [3.8, 4) is 0 Å². The second-order valence-corrected chi connectivity index (χ2v) is 6.98. The molecule has 3 heteroatoms. The average Bonchev–Trinajstić information content (AvgIpc) is 2.54. The maximum atomic E-state index is 4.44. The highest BCUT2D eigenvalue weighted by atomic mass is 32.2. The Kier molecular flexibility index (Phi) is 6.52. The van der Waals surface area contributed by atoms with E-state index in [0.29, 0.717) is 11.3 Å². The summed E-state index contributed by atoms with van der Waals surface area (Å²) >= 11 is 2.05. The Hall–Kier alpha value is -1.06. The van der Waals surface area contributed by atoms with Gasteiger partial charge >= 0.3 is 0 Å². The zero-order chi connectivity index (χ0) is 15.1. The number of nitrogens with zero attached hydrogens (tertiary/aromatic N) is 1. The number of fused-ring (bicyclic) bond motifs is 1. The van der Waals surface area contributed by atoms with E-state index in [4.69, 9.17) is 0 Å². The van der Waals surface area contributed by atoms with Crippen LogP contribution in [0.2, 0.25) is 0 Å². The molecule has 0 aliphatic rings. The van der Waals surface area contributed by atoms with E-state index in [1.54, 1.807) is 0 Å². The summed E-state index contributed by atoms with van der Waals surface area (Å²) < 4.78 is 0. The van der Waals surface area contributed by atoms with Crippen molar-refractivity contribution in [2.24, 2.45) is 0 Å². The first-order valence-electron chi connectivity index (χ1n) is 7.93. The number of hydrogen-bond donors (Lipinski definition) is 1. The summed E-state index contributed by atoms with van der Waals surface area (Å²) in [6, 6.07) is 8.93. The predicted molar refractivity (Wildman–Crippen MR) is 95.0 cm³/mol. The molecule has 1 N–H and O–H groups in total. The molecule has 0 bridgehead atoms. The third-order valence-electron chi connectivity index (χ3n) is 3.84. The van der Waals surface area contributed by atoms with Gasteiger partial charge < -0.3 is 5.32 Å². The third kappa shape index (κ3) is 4.45. The molecule has 1 heterocycles. The molecule has 0 saturated heterocycles. The monoisotopic (exact) mass is 302 g/mol. The summed E-state index contributed by atoms with van der Waals surface area (Å²) in [5.41, 5.74) is 1.33. The zero-order valence-electron chi connectivity index (χ0n) is 13.3. The topological polar surface area (TPSA) is 24.9 Å². The molecule has 0 radical (unpaired) electrons. The first kappa shape index (κ1) is 16.3. The Bertz CT molecular complexity index is 550. The molecular formula is C18H26N2S. The summed E-state index contributed by atoms with van der Waals surface area (Å²) in [6.45, 7) is 7.83. The lowest BCUT2D eigenvalue weighted by molar-refractivity contribution is 0.578. The number of rotatable bonds is 8. The first-order chi connectivity index (χ1) is 10.3. The molecule has 114 valence electrons. The normalized spacial score (nSPS) is 14.2. The van der Waals surface area contributed by atoms with E-state index in [-0.39, 0.29) is 0 Å². The molecule has 0 spiro atoms. The highest BCUT2D eigenvalue weighted by molar-refractivity contribution is 7.99. The summed E-state index contributed by atoms with van der Waals surface area (Å²) in [6.07, 6.45) is 6.37. The van der Waals surface area contributed by atoms with Crippen molar-refractivity contribution in [3.63, 3.8) is 0 Å². The van der Waals surface area contributed by atoms with Gasteiger partial charge in [0.1, 0.15) is 0 Å². The number of hydrogen-bond acceptors (Lipinski definition) is 3. The van der Waals surface area contributed by atoms with Gasteiger partial charge in [-0.15, -0.1) is 0 Å². The predicted octanol–water partition coefficient (Wildman–Crippen LogP) is 4.81. The molecule has 0 fully saturated rings. The molecular weight excluding hydrogens is 276 g/mol. The van der Waals surface area contributed by atoms with Gasteiger partial charge in [0.05, 0.1) is 0 Å². The molecule has 0 aliphatic carbocycles. The second-order valence-electron chi connectivity index (χ2n) is 5.51. The van der Waals surface area contributed by atoms with Gasteiger partial charge in [0.15, 0.2) is 0 Å². The van der Waals surface area contributed by atoms with Crippen molar-refractivity contribution in [1.29, 1.82) is 0 Å². The van der Waals surface area contributed by atoms with Crippen LogP contribution in [0.15, 0.2) is 36.7 Å². The molecule has 1 aromatic carbocycles. The van der Waals surface area contributed by atoms with Gasteiger partial charge in [-0.05, 0) is 30.3 Å². The summed E-state index contributed by atoms with van der Waals surface area (Å²) in [7, 11) is 0. The fourth-order valence-corrected chi connectivity index (χ4v) is 3.43. The molecule has 21 heavy (non-hydrogen) atoms. The van der Waals surface area contributed by atoms with Crippen molar-refractivity contribution in [2.45, 2.75) is 44.9 Å². The van der Waals surface area contributed by atoms with Crippen LogP contribution < -0.4 is 5.32 Å². The van der Waals surface area contributed by atoms with Crippen molar-refractivity contribution in [3.05, 3.63) is 42.2 Å². The molecule has 2 unspecified atom stereocenters. The van der Waals surface area contributed by atoms with Crippen LogP contribution in [0.1, 0.15) is 45.2 Å². The first-order valence-corrected chi connectivity index (χ1v) is 8.98. The second kappa shape index (κ2) is 8.40. The van der Waals surface area contributed by atoms with Gasteiger partial charge in [0, 0.05) is 34.8 Å². The van der Waals surface area contributed by atoms with Crippen LogP contribution in [-0.4, -0.2) is 22.5 Å². The van der Waals surface area contributed by atoms with E-state index in [1.165, 1.54) is 22.8 Å². The van der Waals surface area contributed by atoms with Crippen molar-refractivity contribution >= 4 is 22.5 Å². The smallest absolute Gasteiger partial charge is 0.0433 e. The van der Waals surface area contributed by atoms with Gasteiger partial charge in [-0.3, -0.25) is 4.98 Å². The summed E-state index contributed by atoms with van der Waals surface area (Å²) in [4.78, 5) is 4.44. The molecule has 2 atom stereocenters. The third-order valence-corrected chi connectivity index (χ3v) is 5.27. The zero-order valence-corrected chi connectivity index (χ0v) is 14.1. The highest BCUT2D eigenvalue weighted by Crippen LogP contribution is 2.27. The Labute approximate surface area is 132 Å². The molecule has 0 amide bonds. The van der Waals surface area contributed by atoms with E-state index in [2.05, 4.69) is 55.3 Å². The number of thioether (sulfide) groups is 1. The number of pyridine rings is 1. The fraction of sp³-hybridized carbons (Fsp3) is 0.500. The highest BCUT2D eigenvalue weighted by Gasteiger charge is 2.15. The van der Waals surface area contributed by atoms with Crippen LogP contribution in [0.4, 0.5) is 0 Å². The van der Waals surface area contributed by atoms with Crippen LogP contribution in [0.25, 0.3) is 10.8 Å². The van der Waals surface area contributed by atoms with Crippen LogP contribution in [0, 0.1) is 0 Å². The van der Waals surface area contributed by atoms with E-state index >= 15 is 0 Å². The van der Waals surface area contributed by atoms with E-state index in [0.717, 1.165) is 18.7 Å². The van der Waals surface area contributed by atoms with E-state index < -0.39 is 0 Å². The largest absolute Gasteiger partial charge is 0.309 e. The molecule has 0 aliphatic heterocycles. The lowest BCUT2D eigenvalue weighted by Crippen LogP contribution is -2.25. The summed E-state index contributed by atoms with van der Waals surface area (Å²) in [5, 5.41) is 6.96. The molecule has 0 saturated carbocycles. The lowest BCUT2D eigenvalue weighted by Gasteiger charge is -2.21. The van der Waals surface area contributed by atoms with Crippen molar-refractivity contribution in [1.82, 2.24) is 10.3 Å². The Morgan fingerprint density at radius 2 is 2.00 bits per heavy atom. The maximum Gasteiger partial charge on any atom is 0.0433 e. The van der Waals surface area contributed by atoms with Crippen LogP contribution in [-0.2, 0) is 0 Å². The Morgan fingerprint density at radius 3 is 2.76 bits per heavy atom. The summed E-state index contributed by atoms with van der Waals surface area (Å²) in [5.74, 6) is 1.10.